The summed E-state index contributed by atoms with van der Waals surface area (Å²) in [4.78, 5) is 0. The van der Waals surface area contributed by atoms with Crippen LogP contribution in [0.25, 0.3) is 0 Å². The van der Waals surface area contributed by atoms with Gasteiger partial charge < -0.3 is 5.73 Å². The SMILES string of the molecule is NCC1CCC(NS(=O)(=O)CC(F)(F)F)CC1. The van der Waals surface area contributed by atoms with Crippen molar-refractivity contribution < 1.29 is 21.6 Å². The van der Waals surface area contributed by atoms with Crippen molar-refractivity contribution in [2.24, 2.45) is 11.7 Å². The van der Waals surface area contributed by atoms with Gasteiger partial charge in [-0.05, 0) is 38.1 Å². The van der Waals surface area contributed by atoms with E-state index < -0.39 is 22.0 Å². The van der Waals surface area contributed by atoms with E-state index in [1.165, 1.54) is 0 Å². The molecule has 0 aromatic rings. The topological polar surface area (TPSA) is 72.2 Å². The highest BCUT2D eigenvalue weighted by Crippen LogP contribution is 2.24. The molecule has 0 aliphatic heterocycles. The Morgan fingerprint density at radius 2 is 1.71 bits per heavy atom. The quantitative estimate of drug-likeness (QED) is 0.803. The molecule has 1 saturated carbocycles. The van der Waals surface area contributed by atoms with Crippen molar-refractivity contribution in [3.63, 3.8) is 0 Å². The Morgan fingerprint density at radius 1 is 1.18 bits per heavy atom. The van der Waals surface area contributed by atoms with E-state index in [-0.39, 0.29) is 6.04 Å². The van der Waals surface area contributed by atoms with E-state index in [4.69, 9.17) is 5.73 Å². The zero-order valence-corrected chi connectivity index (χ0v) is 10.1. The average molecular weight is 274 g/mol. The Morgan fingerprint density at radius 3 is 2.12 bits per heavy atom. The van der Waals surface area contributed by atoms with Gasteiger partial charge in [0.25, 0.3) is 0 Å². The lowest BCUT2D eigenvalue weighted by molar-refractivity contribution is -0.106. The number of rotatable bonds is 4. The van der Waals surface area contributed by atoms with Gasteiger partial charge in [0.05, 0.1) is 0 Å². The summed E-state index contributed by atoms with van der Waals surface area (Å²) < 4.78 is 60.5. The Hall–Kier alpha value is -0.340. The van der Waals surface area contributed by atoms with Crippen molar-refractivity contribution in [1.82, 2.24) is 4.72 Å². The van der Waals surface area contributed by atoms with Crippen molar-refractivity contribution in [3.05, 3.63) is 0 Å². The fourth-order valence-electron chi connectivity index (χ4n) is 2.03. The second-order valence-corrected chi connectivity index (χ2v) is 6.20. The minimum absolute atomic E-state index is 0.360. The molecule has 1 fully saturated rings. The number of sulfonamides is 1. The maximum atomic E-state index is 12.0. The summed E-state index contributed by atoms with van der Waals surface area (Å²) in [6.45, 7) is 0.544. The van der Waals surface area contributed by atoms with Gasteiger partial charge in [0, 0.05) is 6.04 Å². The average Bonchev–Trinajstić information content (AvgIpc) is 2.14. The summed E-state index contributed by atoms with van der Waals surface area (Å²) in [5, 5.41) is 0. The molecule has 8 heteroatoms. The van der Waals surface area contributed by atoms with E-state index in [2.05, 4.69) is 4.72 Å². The summed E-state index contributed by atoms with van der Waals surface area (Å²) in [7, 11) is -4.27. The first-order valence-electron chi connectivity index (χ1n) is 5.48. The fraction of sp³-hybridized carbons (Fsp3) is 1.00. The molecule has 0 unspecified atom stereocenters. The van der Waals surface area contributed by atoms with Crippen LogP contribution < -0.4 is 10.5 Å². The summed E-state index contributed by atoms with van der Waals surface area (Å²) in [6, 6.07) is -0.384. The number of halogens is 3. The minimum atomic E-state index is -4.69. The third-order valence-electron chi connectivity index (χ3n) is 2.88. The van der Waals surface area contributed by atoms with Crippen LogP contribution in [0, 0.1) is 5.92 Å². The first-order chi connectivity index (χ1) is 7.72. The highest BCUT2D eigenvalue weighted by Gasteiger charge is 2.36. The molecule has 1 rings (SSSR count). The Kier molecular flexibility index (Phi) is 4.79. The lowest BCUT2D eigenvalue weighted by atomic mass is 9.87. The Bertz CT molecular complexity index is 335. The molecule has 0 spiro atoms. The molecule has 0 aromatic heterocycles. The molecule has 0 atom stereocenters. The third kappa shape index (κ3) is 5.69. The van der Waals surface area contributed by atoms with Crippen LogP contribution in [0.15, 0.2) is 0 Å². The molecule has 0 saturated heterocycles. The summed E-state index contributed by atoms with van der Waals surface area (Å²) in [6.07, 6.45) is -2.07. The van der Waals surface area contributed by atoms with E-state index in [1.54, 1.807) is 0 Å². The van der Waals surface area contributed by atoms with Crippen molar-refractivity contribution in [2.75, 3.05) is 12.3 Å². The molecule has 0 aromatic carbocycles. The number of nitrogens with two attached hydrogens (primary N) is 1. The van der Waals surface area contributed by atoms with Gasteiger partial charge in [-0.15, -0.1) is 0 Å². The summed E-state index contributed by atoms with van der Waals surface area (Å²) in [5.74, 6) is -1.45. The molecule has 1 aliphatic rings. The zero-order chi connectivity index (χ0) is 13.1. The molecule has 1 aliphatic carbocycles. The molecule has 102 valence electrons. The van der Waals surface area contributed by atoms with Crippen molar-refractivity contribution >= 4 is 10.0 Å². The van der Waals surface area contributed by atoms with Crippen molar-refractivity contribution in [2.45, 2.75) is 37.9 Å². The third-order valence-corrected chi connectivity index (χ3v) is 4.28. The normalized spacial score (nSPS) is 27.1. The van der Waals surface area contributed by atoms with Gasteiger partial charge in [-0.1, -0.05) is 0 Å². The van der Waals surface area contributed by atoms with Crippen LogP contribution in [0.5, 0.6) is 0 Å². The molecule has 0 radical (unpaired) electrons. The molecular weight excluding hydrogens is 257 g/mol. The van der Waals surface area contributed by atoms with Crippen LogP contribution in [-0.2, 0) is 10.0 Å². The molecular formula is C9H17F3N2O2S. The van der Waals surface area contributed by atoms with Gasteiger partial charge in [0.2, 0.25) is 10.0 Å². The van der Waals surface area contributed by atoms with Gasteiger partial charge in [-0.2, -0.15) is 13.2 Å². The molecule has 3 N–H and O–H groups in total. The van der Waals surface area contributed by atoms with Crippen LogP contribution in [0.4, 0.5) is 13.2 Å². The minimum Gasteiger partial charge on any atom is -0.330 e. The van der Waals surface area contributed by atoms with Gasteiger partial charge in [0.15, 0.2) is 5.75 Å². The van der Waals surface area contributed by atoms with Gasteiger partial charge >= 0.3 is 6.18 Å². The highest BCUT2D eigenvalue weighted by molar-refractivity contribution is 7.89. The van der Waals surface area contributed by atoms with Crippen molar-refractivity contribution in [3.8, 4) is 0 Å². The molecule has 0 bridgehead atoms. The Balaban J connectivity index is 2.44. The zero-order valence-electron chi connectivity index (χ0n) is 9.33. The van der Waals surface area contributed by atoms with E-state index in [1.807, 2.05) is 0 Å². The highest BCUT2D eigenvalue weighted by atomic mass is 32.2. The lowest BCUT2D eigenvalue weighted by Crippen LogP contribution is -2.42. The molecule has 0 amide bonds. The number of alkyl halides is 3. The monoisotopic (exact) mass is 274 g/mol. The van der Waals surface area contributed by atoms with Gasteiger partial charge in [-0.3, -0.25) is 0 Å². The maximum Gasteiger partial charge on any atom is 0.404 e. The Labute approximate surface area is 98.8 Å². The van der Waals surface area contributed by atoms with Gasteiger partial charge in [0.1, 0.15) is 0 Å². The fourth-order valence-corrected chi connectivity index (χ4v) is 3.28. The smallest absolute Gasteiger partial charge is 0.330 e. The second kappa shape index (κ2) is 5.53. The predicted molar refractivity (Wildman–Crippen MR) is 57.8 cm³/mol. The number of hydrogen-bond acceptors (Lipinski definition) is 3. The van der Waals surface area contributed by atoms with Crippen molar-refractivity contribution in [1.29, 1.82) is 0 Å². The number of nitrogens with one attached hydrogen (secondary N) is 1. The lowest BCUT2D eigenvalue weighted by Gasteiger charge is -2.28. The van der Waals surface area contributed by atoms with Crippen LogP contribution in [0.1, 0.15) is 25.7 Å². The second-order valence-electron chi connectivity index (χ2n) is 4.45. The van der Waals surface area contributed by atoms with Crippen LogP contribution >= 0.6 is 0 Å². The summed E-state index contributed by atoms with van der Waals surface area (Å²) >= 11 is 0. The van der Waals surface area contributed by atoms with E-state index >= 15 is 0 Å². The number of hydrogen-bond donors (Lipinski definition) is 2. The van der Waals surface area contributed by atoms with E-state index in [9.17, 15) is 21.6 Å². The van der Waals surface area contributed by atoms with Gasteiger partial charge in [-0.25, -0.2) is 13.1 Å². The van der Waals surface area contributed by atoms with Crippen LogP contribution in [-0.4, -0.2) is 32.9 Å². The van der Waals surface area contributed by atoms with E-state index in [0.717, 1.165) is 12.8 Å². The standard InChI is InChI=1S/C9H17F3N2O2S/c10-9(11,12)6-17(15,16)14-8-3-1-7(5-13)2-4-8/h7-8,14H,1-6,13H2. The predicted octanol–water partition coefficient (Wildman–Crippen LogP) is 0.986. The molecule has 0 heterocycles. The summed E-state index contributed by atoms with van der Waals surface area (Å²) in [5.41, 5.74) is 5.47. The largest absolute Gasteiger partial charge is 0.404 e. The van der Waals surface area contributed by atoms with E-state index in [0.29, 0.717) is 25.3 Å². The first-order valence-corrected chi connectivity index (χ1v) is 7.14. The van der Waals surface area contributed by atoms with Crippen LogP contribution in [0.2, 0.25) is 0 Å². The first kappa shape index (κ1) is 14.7. The maximum absolute atomic E-state index is 12.0. The molecule has 17 heavy (non-hydrogen) atoms. The molecule has 4 nitrogen and oxygen atoms in total. The van der Waals surface area contributed by atoms with Crippen LogP contribution in [0.3, 0.4) is 0 Å².